The molecule has 1 heterocycles. The third-order valence-corrected chi connectivity index (χ3v) is 3.18. The van der Waals surface area contributed by atoms with Gasteiger partial charge in [0, 0.05) is 11.1 Å². The number of hydrogen-bond donors (Lipinski definition) is 1. The maximum atomic E-state index is 11.8. The zero-order valence-corrected chi connectivity index (χ0v) is 11.5. The van der Waals surface area contributed by atoms with Crippen molar-refractivity contribution in [2.45, 2.75) is 0 Å². The van der Waals surface area contributed by atoms with Gasteiger partial charge in [-0.05, 0) is 12.1 Å². The summed E-state index contributed by atoms with van der Waals surface area (Å²) in [7, 11) is 0. The van der Waals surface area contributed by atoms with Gasteiger partial charge >= 0.3 is 5.97 Å². The van der Waals surface area contributed by atoms with Crippen molar-refractivity contribution in [3.8, 4) is 0 Å². The van der Waals surface area contributed by atoms with Gasteiger partial charge in [0.2, 0.25) is 0 Å². The summed E-state index contributed by atoms with van der Waals surface area (Å²) in [5, 5.41) is 21.4. The van der Waals surface area contributed by atoms with E-state index >= 15 is 0 Å². The zero-order valence-electron chi connectivity index (χ0n) is 11.5. The first-order chi connectivity index (χ1) is 10.6. The summed E-state index contributed by atoms with van der Waals surface area (Å²) in [4.78, 5) is 10.9. The topological polar surface area (TPSA) is 69.7 Å². The van der Waals surface area contributed by atoms with Gasteiger partial charge < -0.3 is 9.84 Å². The molecule has 5 nitrogen and oxygen atoms in total. The molecule has 5 heteroatoms. The van der Waals surface area contributed by atoms with Gasteiger partial charge in [-0.25, -0.2) is 4.79 Å². The molecule has 1 N–H and O–H groups in total. The molecule has 1 aliphatic rings. The molecule has 0 atom stereocenters. The van der Waals surface area contributed by atoms with Gasteiger partial charge in [-0.1, -0.05) is 47.7 Å². The Labute approximate surface area is 127 Å². The largest absolute Gasteiger partial charge is 0.478 e. The SMILES string of the molecule is [O]N1C=C(c2ccccc2)OC(c2ccc(C(=O)O)cc2)=C1. The average molecular weight is 294 g/mol. The highest BCUT2D eigenvalue weighted by Gasteiger charge is 2.16. The van der Waals surface area contributed by atoms with E-state index in [0.717, 1.165) is 5.56 Å². The van der Waals surface area contributed by atoms with E-state index in [1.54, 1.807) is 12.1 Å². The number of benzene rings is 2. The van der Waals surface area contributed by atoms with Crippen molar-refractivity contribution in [1.29, 1.82) is 0 Å². The van der Waals surface area contributed by atoms with Crippen LogP contribution in [0.15, 0.2) is 67.0 Å². The molecule has 22 heavy (non-hydrogen) atoms. The summed E-state index contributed by atoms with van der Waals surface area (Å²) in [6.45, 7) is 0. The molecule has 0 fully saturated rings. The average Bonchev–Trinajstić information content (AvgIpc) is 2.55. The molecule has 2 aromatic rings. The molecule has 109 valence electrons. The van der Waals surface area contributed by atoms with Crippen LogP contribution in [-0.2, 0) is 9.94 Å². The molecule has 0 amide bonds. The van der Waals surface area contributed by atoms with E-state index in [1.807, 2.05) is 30.3 Å². The fourth-order valence-corrected chi connectivity index (χ4v) is 2.09. The first-order valence-corrected chi connectivity index (χ1v) is 6.59. The number of carbonyl (C=O) groups is 1. The predicted molar refractivity (Wildman–Crippen MR) is 79.4 cm³/mol. The maximum Gasteiger partial charge on any atom is 0.335 e. The van der Waals surface area contributed by atoms with Gasteiger partial charge in [0.05, 0.1) is 18.0 Å². The summed E-state index contributed by atoms with van der Waals surface area (Å²) < 4.78 is 5.76. The Morgan fingerprint density at radius 1 is 0.864 bits per heavy atom. The maximum absolute atomic E-state index is 11.8. The van der Waals surface area contributed by atoms with Gasteiger partial charge in [0.25, 0.3) is 0 Å². The third kappa shape index (κ3) is 2.84. The minimum absolute atomic E-state index is 0.179. The quantitative estimate of drug-likeness (QED) is 0.942. The van der Waals surface area contributed by atoms with Crippen LogP contribution in [-0.4, -0.2) is 16.1 Å². The fourth-order valence-electron chi connectivity index (χ4n) is 2.09. The van der Waals surface area contributed by atoms with Crippen LogP contribution in [0.1, 0.15) is 21.5 Å². The van der Waals surface area contributed by atoms with Crippen molar-refractivity contribution >= 4 is 17.5 Å². The summed E-state index contributed by atoms with van der Waals surface area (Å²) in [5.41, 5.74) is 1.60. The zero-order chi connectivity index (χ0) is 15.5. The van der Waals surface area contributed by atoms with Crippen LogP contribution < -0.4 is 0 Å². The number of hydrogen-bond acceptors (Lipinski definition) is 3. The van der Waals surface area contributed by atoms with Crippen molar-refractivity contribution in [2.24, 2.45) is 0 Å². The molecule has 0 aliphatic carbocycles. The van der Waals surface area contributed by atoms with Crippen LogP contribution in [0.3, 0.4) is 0 Å². The summed E-state index contributed by atoms with van der Waals surface area (Å²) in [5.74, 6) is -0.191. The molecular formula is C17H12NO4. The minimum Gasteiger partial charge on any atom is -0.478 e. The van der Waals surface area contributed by atoms with E-state index < -0.39 is 5.97 Å². The summed E-state index contributed by atoms with van der Waals surface area (Å²) in [6, 6.07) is 15.4. The second-order valence-corrected chi connectivity index (χ2v) is 4.70. The van der Waals surface area contributed by atoms with Gasteiger partial charge in [-0.15, -0.1) is 0 Å². The second-order valence-electron chi connectivity index (χ2n) is 4.70. The van der Waals surface area contributed by atoms with Crippen LogP contribution >= 0.6 is 0 Å². The molecule has 1 radical (unpaired) electrons. The fraction of sp³-hybridized carbons (Fsp3) is 0. The van der Waals surface area contributed by atoms with Crippen LogP contribution in [0.5, 0.6) is 0 Å². The smallest absolute Gasteiger partial charge is 0.335 e. The van der Waals surface area contributed by atoms with Crippen molar-refractivity contribution in [3.63, 3.8) is 0 Å². The normalized spacial score (nSPS) is 14.0. The molecule has 0 saturated carbocycles. The lowest BCUT2D eigenvalue weighted by Gasteiger charge is -2.20. The van der Waals surface area contributed by atoms with Crippen LogP contribution in [0.25, 0.3) is 11.5 Å². The Morgan fingerprint density at radius 3 is 1.95 bits per heavy atom. The van der Waals surface area contributed by atoms with Crippen molar-refractivity contribution in [1.82, 2.24) is 5.06 Å². The van der Waals surface area contributed by atoms with E-state index in [-0.39, 0.29) is 5.56 Å². The van der Waals surface area contributed by atoms with Gasteiger partial charge in [0.1, 0.15) is 0 Å². The van der Waals surface area contributed by atoms with Crippen LogP contribution in [0.2, 0.25) is 0 Å². The Bertz CT molecular complexity index is 748. The Hall–Kier alpha value is -3.05. The predicted octanol–water partition coefficient (Wildman–Crippen LogP) is 3.36. The van der Waals surface area contributed by atoms with Crippen molar-refractivity contribution in [3.05, 3.63) is 83.7 Å². The Balaban J connectivity index is 1.88. The van der Waals surface area contributed by atoms with E-state index in [4.69, 9.17) is 9.84 Å². The third-order valence-electron chi connectivity index (χ3n) is 3.18. The van der Waals surface area contributed by atoms with E-state index in [0.29, 0.717) is 22.1 Å². The van der Waals surface area contributed by atoms with Crippen molar-refractivity contribution < 1.29 is 19.8 Å². The van der Waals surface area contributed by atoms with E-state index in [2.05, 4.69) is 0 Å². The lowest BCUT2D eigenvalue weighted by Crippen LogP contribution is -2.10. The van der Waals surface area contributed by atoms with Gasteiger partial charge in [-0.2, -0.15) is 5.06 Å². The molecular weight excluding hydrogens is 282 g/mol. The standard InChI is InChI=1S/C17H12NO4/c19-17(20)14-8-6-13(7-9-14)16-11-18(21)10-15(22-16)12-4-2-1-3-5-12/h1-11H,(H,19,20). The lowest BCUT2D eigenvalue weighted by molar-refractivity contribution is -0.0716. The molecule has 0 unspecified atom stereocenters. The van der Waals surface area contributed by atoms with Gasteiger partial charge in [0.15, 0.2) is 11.5 Å². The highest BCUT2D eigenvalue weighted by atomic mass is 16.5. The second kappa shape index (κ2) is 5.75. The first kappa shape index (κ1) is 13.9. The number of aromatic carboxylic acids is 1. The summed E-state index contributed by atoms with van der Waals surface area (Å²) >= 11 is 0. The highest BCUT2D eigenvalue weighted by Crippen LogP contribution is 2.29. The number of nitrogens with zero attached hydrogens (tertiary/aromatic N) is 1. The van der Waals surface area contributed by atoms with Crippen molar-refractivity contribution in [2.75, 3.05) is 0 Å². The molecule has 0 saturated heterocycles. The van der Waals surface area contributed by atoms with E-state index in [9.17, 15) is 10.0 Å². The summed E-state index contributed by atoms with van der Waals surface area (Å²) in [6.07, 6.45) is 2.66. The van der Waals surface area contributed by atoms with Crippen LogP contribution in [0, 0.1) is 0 Å². The highest BCUT2D eigenvalue weighted by molar-refractivity contribution is 5.88. The first-order valence-electron chi connectivity index (χ1n) is 6.59. The Morgan fingerprint density at radius 2 is 1.41 bits per heavy atom. The molecule has 3 rings (SSSR count). The molecule has 0 spiro atoms. The molecule has 0 bridgehead atoms. The number of rotatable bonds is 3. The molecule has 2 aromatic carbocycles. The van der Waals surface area contributed by atoms with Gasteiger partial charge in [-0.3, -0.25) is 0 Å². The monoisotopic (exact) mass is 294 g/mol. The Kier molecular flexibility index (Phi) is 3.64. The number of ether oxygens (including phenoxy) is 1. The van der Waals surface area contributed by atoms with Crippen LogP contribution in [0.4, 0.5) is 0 Å². The molecule has 1 aliphatic heterocycles. The molecule has 0 aromatic heterocycles. The lowest BCUT2D eigenvalue weighted by atomic mass is 10.1. The number of carboxylic acids is 1. The minimum atomic E-state index is -1.000. The number of hydroxylamine groups is 2. The number of carboxylic acid groups (broad SMARTS) is 1. The van der Waals surface area contributed by atoms with E-state index in [1.165, 1.54) is 24.5 Å².